The molecular formula is C31H23NO3. The number of ether oxygens (including phenoxy) is 1. The minimum Gasteiger partial charge on any atom is -0.457 e. The van der Waals surface area contributed by atoms with E-state index in [-0.39, 0.29) is 35.5 Å². The molecule has 0 unspecified atom stereocenters. The summed E-state index contributed by atoms with van der Waals surface area (Å²) in [5.41, 5.74) is 6.44. The number of imide groups is 1. The Morgan fingerprint density at radius 3 is 1.60 bits per heavy atom. The fraction of sp³-hybridized carbons (Fsp3) is 0.161. The van der Waals surface area contributed by atoms with Crippen molar-refractivity contribution in [1.82, 2.24) is 0 Å². The van der Waals surface area contributed by atoms with E-state index in [0.29, 0.717) is 11.4 Å². The molecule has 4 aliphatic rings. The number of amides is 2. The fourth-order valence-corrected chi connectivity index (χ4v) is 6.41. The second-order valence-electron chi connectivity index (χ2n) is 9.69. The predicted molar refractivity (Wildman–Crippen MR) is 134 cm³/mol. The monoisotopic (exact) mass is 457 g/mol. The van der Waals surface area contributed by atoms with Crippen LogP contribution in [0.25, 0.3) is 0 Å². The highest BCUT2D eigenvalue weighted by Gasteiger charge is 2.61. The third-order valence-corrected chi connectivity index (χ3v) is 7.77. The van der Waals surface area contributed by atoms with Gasteiger partial charge in [0.05, 0.1) is 17.5 Å². The molecule has 4 nitrogen and oxygen atoms in total. The normalized spacial score (nSPS) is 23.6. The van der Waals surface area contributed by atoms with Gasteiger partial charge in [0.25, 0.3) is 0 Å². The van der Waals surface area contributed by atoms with Crippen molar-refractivity contribution in [3.63, 3.8) is 0 Å². The minimum absolute atomic E-state index is 0.0947. The average molecular weight is 458 g/mol. The Labute approximate surface area is 203 Å². The van der Waals surface area contributed by atoms with Gasteiger partial charge in [-0.2, -0.15) is 0 Å². The lowest BCUT2D eigenvalue weighted by atomic mass is 9.55. The molecule has 0 aromatic heterocycles. The van der Waals surface area contributed by atoms with Crippen LogP contribution in [0.2, 0.25) is 0 Å². The van der Waals surface area contributed by atoms with Gasteiger partial charge in [-0.15, -0.1) is 0 Å². The zero-order valence-electron chi connectivity index (χ0n) is 19.2. The van der Waals surface area contributed by atoms with E-state index in [4.69, 9.17) is 4.74 Å². The van der Waals surface area contributed by atoms with Crippen LogP contribution in [0.4, 0.5) is 5.69 Å². The van der Waals surface area contributed by atoms with Gasteiger partial charge in [-0.1, -0.05) is 60.7 Å². The Hall–Kier alpha value is -4.18. The van der Waals surface area contributed by atoms with Crippen LogP contribution in [0.15, 0.2) is 97.1 Å². The maximum atomic E-state index is 13.8. The van der Waals surface area contributed by atoms with Gasteiger partial charge in [0, 0.05) is 11.8 Å². The lowest BCUT2D eigenvalue weighted by Crippen LogP contribution is -2.41. The highest BCUT2D eigenvalue weighted by atomic mass is 16.5. The molecule has 2 bridgehead atoms. The fourth-order valence-electron chi connectivity index (χ4n) is 6.41. The van der Waals surface area contributed by atoms with Crippen LogP contribution in [0.5, 0.6) is 11.5 Å². The van der Waals surface area contributed by atoms with Gasteiger partial charge in [-0.05, 0) is 71.1 Å². The molecule has 170 valence electrons. The van der Waals surface area contributed by atoms with E-state index >= 15 is 0 Å². The summed E-state index contributed by atoms with van der Waals surface area (Å²) in [6.07, 6.45) is 0. The van der Waals surface area contributed by atoms with Gasteiger partial charge in [0.1, 0.15) is 11.5 Å². The summed E-state index contributed by atoms with van der Waals surface area (Å²) in [4.78, 5) is 29.1. The van der Waals surface area contributed by atoms with Crippen LogP contribution < -0.4 is 9.64 Å². The Bertz CT molecular complexity index is 1390. The number of hydrogen-bond acceptors (Lipinski definition) is 3. The molecule has 2 atom stereocenters. The van der Waals surface area contributed by atoms with Gasteiger partial charge in [-0.25, -0.2) is 4.90 Å². The lowest BCUT2D eigenvalue weighted by molar-refractivity contribution is -0.122. The first-order valence-corrected chi connectivity index (χ1v) is 12.0. The van der Waals surface area contributed by atoms with Crippen LogP contribution in [-0.4, -0.2) is 11.8 Å². The maximum absolute atomic E-state index is 13.8. The Balaban J connectivity index is 1.26. The molecule has 1 heterocycles. The Morgan fingerprint density at radius 2 is 1.11 bits per heavy atom. The van der Waals surface area contributed by atoms with Gasteiger partial charge in [0.15, 0.2) is 0 Å². The Morgan fingerprint density at radius 1 is 0.600 bits per heavy atom. The van der Waals surface area contributed by atoms with E-state index < -0.39 is 0 Å². The van der Waals surface area contributed by atoms with Crippen LogP contribution >= 0.6 is 0 Å². The molecule has 3 aliphatic carbocycles. The second-order valence-corrected chi connectivity index (χ2v) is 9.69. The van der Waals surface area contributed by atoms with E-state index in [1.165, 1.54) is 27.2 Å². The molecule has 8 rings (SSSR count). The first-order chi connectivity index (χ1) is 17.1. The van der Waals surface area contributed by atoms with E-state index in [1.807, 2.05) is 67.6 Å². The number of nitrogens with zero attached hydrogens (tertiary/aromatic N) is 1. The quantitative estimate of drug-likeness (QED) is 0.345. The van der Waals surface area contributed by atoms with Crippen LogP contribution in [0.1, 0.15) is 39.7 Å². The number of benzene rings is 4. The molecule has 1 fully saturated rings. The highest BCUT2D eigenvalue weighted by molar-refractivity contribution is 6.23. The zero-order valence-corrected chi connectivity index (χ0v) is 19.2. The first-order valence-electron chi connectivity index (χ1n) is 12.0. The van der Waals surface area contributed by atoms with Crippen molar-refractivity contribution in [3.05, 3.63) is 125 Å². The van der Waals surface area contributed by atoms with Crippen molar-refractivity contribution in [2.45, 2.75) is 18.8 Å². The van der Waals surface area contributed by atoms with Gasteiger partial charge in [-0.3, -0.25) is 9.59 Å². The van der Waals surface area contributed by atoms with Crippen molar-refractivity contribution in [1.29, 1.82) is 0 Å². The minimum atomic E-state index is -0.375. The smallest absolute Gasteiger partial charge is 0.238 e. The zero-order chi connectivity index (χ0) is 23.7. The van der Waals surface area contributed by atoms with E-state index in [0.717, 1.165) is 11.3 Å². The van der Waals surface area contributed by atoms with E-state index in [1.54, 1.807) is 12.1 Å². The summed E-state index contributed by atoms with van der Waals surface area (Å²) in [7, 11) is 0. The summed E-state index contributed by atoms with van der Waals surface area (Å²) in [6, 6.07) is 31.7. The number of anilines is 1. The molecule has 4 aromatic carbocycles. The number of aryl methyl sites for hydroxylation is 1. The van der Waals surface area contributed by atoms with Gasteiger partial charge >= 0.3 is 0 Å². The molecule has 4 aromatic rings. The average Bonchev–Trinajstić information content (AvgIpc) is 3.15. The van der Waals surface area contributed by atoms with E-state index in [9.17, 15) is 9.59 Å². The van der Waals surface area contributed by atoms with E-state index in [2.05, 4.69) is 24.3 Å². The van der Waals surface area contributed by atoms with Gasteiger partial charge < -0.3 is 4.74 Å². The summed E-state index contributed by atoms with van der Waals surface area (Å²) in [5.74, 6) is 0.268. The van der Waals surface area contributed by atoms with Crippen molar-refractivity contribution in [2.24, 2.45) is 11.8 Å². The third kappa shape index (κ3) is 2.86. The predicted octanol–water partition coefficient (Wildman–Crippen LogP) is 6.18. The molecule has 35 heavy (non-hydrogen) atoms. The molecule has 4 heteroatoms. The molecule has 0 N–H and O–H groups in total. The van der Waals surface area contributed by atoms with Crippen LogP contribution in [0, 0.1) is 18.8 Å². The number of rotatable bonds is 3. The topological polar surface area (TPSA) is 46.6 Å². The molecule has 1 aliphatic heterocycles. The van der Waals surface area contributed by atoms with Crippen LogP contribution in [0.3, 0.4) is 0 Å². The van der Waals surface area contributed by atoms with Gasteiger partial charge in [0.2, 0.25) is 11.8 Å². The highest BCUT2D eigenvalue weighted by Crippen LogP contribution is 2.61. The second kappa shape index (κ2) is 7.41. The number of carbonyl (C=O) groups excluding carboxylic acids is 2. The SMILES string of the molecule is Cc1cccc(Oc2ccc(N3C(=O)[C@H]4C5c6ccccc6C(c6ccccc65)[C@@H]4C3=O)cc2)c1. The largest absolute Gasteiger partial charge is 0.457 e. The summed E-state index contributed by atoms with van der Waals surface area (Å²) in [6.45, 7) is 2.02. The number of carbonyl (C=O) groups is 2. The van der Waals surface area contributed by atoms with Crippen LogP contribution in [-0.2, 0) is 9.59 Å². The number of hydrogen-bond donors (Lipinski definition) is 0. The third-order valence-electron chi connectivity index (χ3n) is 7.77. The molecule has 0 radical (unpaired) electrons. The lowest BCUT2D eigenvalue weighted by Gasteiger charge is -2.45. The first kappa shape index (κ1) is 20.2. The standard InChI is InChI=1S/C31H23NO3/c1-18-7-6-8-21(17-18)35-20-15-13-19(14-16-20)32-30(33)28-26-22-9-2-3-10-23(22)27(29(28)31(32)34)25-12-5-4-11-24(25)26/h2-17,26-29H,1H3/t26?,27?,28-,29-/m0/s1. The van der Waals surface area contributed by atoms with Crippen molar-refractivity contribution in [2.75, 3.05) is 4.90 Å². The maximum Gasteiger partial charge on any atom is 0.238 e. The molecule has 1 saturated heterocycles. The molecule has 0 spiro atoms. The Kier molecular flexibility index (Phi) is 4.28. The molecule has 2 amide bonds. The summed E-state index contributed by atoms with van der Waals surface area (Å²) >= 11 is 0. The summed E-state index contributed by atoms with van der Waals surface area (Å²) < 4.78 is 5.97. The van der Waals surface area contributed by atoms with Crippen molar-refractivity contribution >= 4 is 17.5 Å². The molecular weight excluding hydrogens is 434 g/mol. The molecule has 0 saturated carbocycles. The van der Waals surface area contributed by atoms with Crippen molar-refractivity contribution in [3.8, 4) is 11.5 Å². The summed E-state index contributed by atoms with van der Waals surface area (Å²) in [5, 5.41) is 0. The van der Waals surface area contributed by atoms with Crippen molar-refractivity contribution < 1.29 is 14.3 Å².